The zero-order valence-corrected chi connectivity index (χ0v) is 24.7. The summed E-state index contributed by atoms with van der Waals surface area (Å²) in [7, 11) is -4.23. The van der Waals surface area contributed by atoms with Crippen LogP contribution in [0.2, 0.25) is 10.0 Å². The van der Waals surface area contributed by atoms with Gasteiger partial charge in [0.15, 0.2) is 0 Å². The predicted molar refractivity (Wildman–Crippen MR) is 157 cm³/mol. The molecule has 0 unspecified atom stereocenters. The highest BCUT2D eigenvalue weighted by Gasteiger charge is 2.34. The summed E-state index contributed by atoms with van der Waals surface area (Å²) in [5.41, 5.74) is 1.85. The molecule has 0 saturated carbocycles. The van der Waals surface area contributed by atoms with E-state index in [2.05, 4.69) is 5.32 Å². The van der Waals surface area contributed by atoms with Crippen molar-refractivity contribution in [2.75, 3.05) is 10.8 Å². The summed E-state index contributed by atoms with van der Waals surface area (Å²) in [6.07, 6.45) is 0.723. The second-order valence-corrected chi connectivity index (χ2v) is 12.0. The van der Waals surface area contributed by atoms with Gasteiger partial charge in [-0.2, -0.15) is 0 Å². The lowest BCUT2D eigenvalue weighted by molar-refractivity contribution is -0.139. The molecule has 1 N–H and O–H groups in total. The topological polar surface area (TPSA) is 86.8 Å². The molecule has 3 aromatic rings. The molecular formula is C29H33Cl2N3O4S. The van der Waals surface area contributed by atoms with Gasteiger partial charge in [-0.15, -0.1) is 0 Å². The van der Waals surface area contributed by atoms with Crippen molar-refractivity contribution in [3.8, 4) is 0 Å². The molecule has 7 nitrogen and oxygen atoms in total. The van der Waals surface area contributed by atoms with Crippen LogP contribution in [-0.4, -0.2) is 43.8 Å². The highest BCUT2D eigenvalue weighted by molar-refractivity contribution is 7.92. The van der Waals surface area contributed by atoms with Gasteiger partial charge in [-0.1, -0.05) is 78.7 Å². The fourth-order valence-corrected chi connectivity index (χ4v) is 5.83. The first kappa shape index (κ1) is 30.5. The third-order valence-electron chi connectivity index (χ3n) is 6.58. The SMILES string of the molecule is CC[C@H](C)NC(=O)[C@@H](C)N(Cc1ccccc1C)C(=O)CN(c1cccc(Cl)c1Cl)S(=O)(=O)c1ccccc1. The van der Waals surface area contributed by atoms with Gasteiger partial charge in [0.05, 0.1) is 20.6 Å². The minimum absolute atomic E-state index is 0.000473. The van der Waals surface area contributed by atoms with Crippen molar-refractivity contribution in [1.82, 2.24) is 10.2 Å². The van der Waals surface area contributed by atoms with Gasteiger partial charge in [0, 0.05) is 12.6 Å². The highest BCUT2D eigenvalue weighted by atomic mass is 35.5. The van der Waals surface area contributed by atoms with Crippen LogP contribution in [0, 0.1) is 6.92 Å². The summed E-state index contributed by atoms with van der Waals surface area (Å²) in [6.45, 7) is 6.91. The standard InChI is InChI=1S/C29H33Cl2N3O4S/c1-5-21(3)32-29(36)22(4)33(18-23-13-10-9-12-20(23)2)27(35)19-34(26-17-11-16-25(30)28(26)31)39(37,38)24-14-7-6-8-15-24/h6-17,21-22H,5,18-19H2,1-4H3,(H,32,36)/t21-,22+/m0/s1. The molecule has 0 aromatic heterocycles. The monoisotopic (exact) mass is 589 g/mol. The van der Waals surface area contributed by atoms with Gasteiger partial charge >= 0.3 is 0 Å². The Kier molecular flexibility index (Phi) is 10.4. The highest BCUT2D eigenvalue weighted by Crippen LogP contribution is 2.35. The molecule has 0 saturated heterocycles. The number of amides is 2. The average Bonchev–Trinajstić information content (AvgIpc) is 2.92. The largest absolute Gasteiger partial charge is 0.352 e. The van der Waals surface area contributed by atoms with Gasteiger partial charge in [0.1, 0.15) is 12.6 Å². The minimum Gasteiger partial charge on any atom is -0.352 e. The smallest absolute Gasteiger partial charge is 0.264 e. The van der Waals surface area contributed by atoms with Crippen molar-refractivity contribution in [3.63, 3.8) is 0 Å². The van der Waals surface area contributed by atoms with Gasteiger partial charge in [-0.25, -0.2) is 8.42 Å². The lowest BCUT2D eigenvalue weighted by Crippen LogP contribution is -2.52. The number of rotatable bonds is 11. The molecule has 39 heavy (non-hydrogen) atoms. The van der Waals surface area contributed by atoms with E-state index in [9.17, 15) is 18.0 Å². The van der Waals surface area contributed by atoms with Crippen LogP contribution in [0.5, 0.6) is 0 Å². The van der Waals surface area contributed by atoms with Crippen LogP contribution in [0.25, 0.3) is 0 Å². The lowest BCUT2D eigenvalue weighted by Gasteiger charge is -2.33. The van der Waals surface area contributed by atoms with E-state index in [0.29, 0.717) is 0 Å². The number of carbonyl (C=O) groups is 2. The number of aryl methyl sites for hydroxylation is 1. The fourth-order valence-electron chi connectivity index (χ4n) is 3.94. The van der Waals surface area contributed by atoms with Crippen molar-refractivity contribution in [2.24, 2.45) is 0 Å². The van der Waals surface area contributed by atoms with Crippen LogP contribution in [0.1, 0.15) is 38.3 Å². The Morgan fingerprint density at radius 1 is 0.923 bits per heavy atom. The van der Waals surface area contributed by atoms with E-state index in [1.807, 2.05) is 45.0 Å². The zero-order valence-electron chi connectivity index (χ0n) is 22.4. The molecule has 208 valence electrons. The first-order chi connectivity index (χ1) is 18.5. The van der Waals surface area contributed by atoms with Crippen molar-refractivity contribution in [2.45, 2.75) is 57.6 Å². The Bertz CT molecular complexity index is 1420. The van der Waals surface area contributed by atoms with E-state index >= 15 is 0 Å². The summed E-state index contributed by atoms with van der Waals surface area (Å²) >= 11 is 12.7. The number of benzene rings is 3. The molecule has 0 aliphatic carbocycles. The maximum atomic E-state index is 14.0. The van der Waals surface area contributed by atoms with Crippen LogP contribution < -0.4 is 9.62 Å². The summed E-state index contributed by atoms with van der Waals surface area (Å²) in [5, 5.41) is 3.07. The number of nitrogens with zero attached hydrogens (tertiary/aromatic N) is 2. The summed E-state index contributed by atoms with van der Waals surface area (Å²) in [5.74, 6) is -0.898. The Hall–Kier alpha value is -3.07. The van der Waals surface area contributed by atoms with E-state index in [-0.39, 0.29) is 39.1 Å². The summed E-state index contributed by atoms with van der Waals surface area (Å²) in [4.78, 5) is 28.5. The molecule has 0 spiro atoms. The Labute approximate surface area is 240 Å². The Morgan fingerprint density at radius 2 is 1.56 bits per heavy atom. The van der Waals surface area contributed by atoms with Crippen LogP contribution in [0.15, 0.2) is 77.7 Å². The number of sulfonamides is 1. The predicted octanol–water partition coefficient (Wildman–Crippen LogP) is 5.83. The lowest BCUT2D eigenvalue weighted by atomic mass is 10.1. The van der Waals surface area contributed by atoms with Crippen molar-refractivity contribution in [1.29, 1.82) is 0 Å². The molecule has 10 heteroatoms. The third kappa shape index (κ3) is 7.32. The van der Waals surface area contributed by atoms with Crippen LogP contribution in [-0.2, 0) is 26.2 Å². The Balaban J connectivity index is 2.07. The molecule has 0 radical (unpaired) electrons. The summed E-state index contributed by atoms with van der Waals surface area (Å²) in [6, 6.07) is 18.9. The number of halogens is 2. The molecule has 2 amide bonds. The second kappa shape index (κ2) is 13.3. The molecule has 2 atom stereocenters. The van der Waals surface area contributed by atoms with Crippen molar-refractivity contribution >= 4 is 50.7 Å². The van der Waals surface area contributed by atoms with Crippen LogP contribution in [0.4, 0.5) is 5.69 Å². The van der Waals surface area contributed by atoms with Gasteiger partial charge in [0.25, 0.3) is 10.0 Å². The maximum absolute atomic E-state index is 14.0. The molecule has 3 aromatic carbocycles. The number of nitrogens with one attached hydrogen (secondary N) is 1. The van der Waals surface area contributed by atoms with E-state index < -0.39 is 28.5 Å². The number of anilines is 1. The number of hydrogen-bond donors (Lipinski definition) is 1. The van der Waals surface area contributed by atoms with E-state index in [1.54, 1.807) is 31.2 Å². The quantitative estimate of drug-likeness (QED) is 0.305. The second-order valence-electron chi connectivity index (χ2n) is 9.34. The molecule has 0 fully saturated rings. The van der Waals surface area contributed by atoms with E-state index in [0.717, 1.165) is 21.9 Å². The first-order valence-corrected chi connectivity index (χ1v) is 14.8. The third-order valence-corrected chi connectivity index (χ3v) is 9.16. The zero-order chi connectivity index (χ0) is 28.7. The van der Waals surface area contributed by atoms with E-state index in [4.69, 9.17) is 23.2 Å². The first-order valence-electron chi connectivity index (χ1n) is 12.6. The van der Waals surface area contributed by atoms with Crippen LogP contribution in [0.3, 0.4) is 0 Å². The Morgan fingerprint density at radius 3 is 2.21 bits per heavy atom. The van der Waals surface area contributed by atoms with Gasteiger partial charge in [-0.05, 0) is 62.6 Å². The van der Waals surface area contributed by atoms with Gasteiger partial charge in [0.2, 0.25) is 11.8 Å². The maximum Gasteiger partial charge on any atom is 0.264 e. The molecular weight excluding hydrogens is 557 g/mol. The number of carbonyl (C=O) groups excluding carboxylic acids is 2. The number of hydrogen-bond acceptors (Lipinski definition) is 4. The normalized spacial score (nSPS) is 12.9. The van der Waals surface area contributed by atoms with Gasteiger partial charge in [-0.3, -0.25) is 13.9 Å². The summed E-state index contributed by atoms with van der Waals surface area (Å²) < 4.78 is 28.6. The van der Waals surface area contributed by atoms with Gasteiger partial charge < -0.3 is 10.2 Å². The molecule has 0 heterocycles. The molecule has 0 aliphatic heterocycles. The van der Waals surface area contributed by atoms with Crippen LogP contribution >= 0.6 is 23.2 Å². The van der Waals surface area contributed by atoms with E-state index in [1.165, 1.54) is 29.2 Å². The molecule has 3 rings (SSSR count). The fraction of sp³-hybridized carbons (Fsp3) is 0.310. The van der Waals surface area contributed by atoms with Crippen molar-refractivity contribution in [3.05, 3.63) is 94.0 Å². The average molecular weight is 591 g/mol. The molecule has 0 aliphatic rings. The minimum atomic E-state index is -4.23. The van der Waals surface area contributed by atoms with Crippen molar-refractivity contribution < 1.29 is 18.0 Å². The molecule has 0 bridgehead atoms.